The second-order valence-corrected chi connectivity index (χ2v) is 4.72. The van der Waals surface area contributed by atoms with E-state index in [1.54, 1.807) is 0 Å². The van der Waals surface area contributed by atoms with Crippen LogP contribution in [0.5, 0.6) is 0 Å². The number of pyridine rings is 1. The number of anilines is 4. The molecule has 0 atom stereocenters. The first kappa shape index (κ1) is 14.2. The fourth-order valence-corrected chi connectivity index (χ4v) is 2.13. The Kier molecular flexibility index (Phi) is 4.45. The molecule has 4 nitrogen and oxygen atoms in total. The van der Waals surface area contributed by atoms with Crippen molar-refractivity contribution < 1.29 is 0 Å². The average Bonchev–Trinajstić information content (AvgIpc) is 2.46. The first-order valence-corrected chi connectivity index (χ1v) is 6.99. The van der Waals surface area contributed by atoms with Crippen LogP contribution in [0.1, 0.15) is 19.5 Å². The van der Waals surface area contributed by atoms with Gasteiger partial charge in [-0.25, -0.2) is 4.98 Å². The van der Waals surface area contributed by atoms with E-state index in [1.165, 1.54) is 5.69 Å². The van der Waals surface area contributed by atoms with Gasteiger partial charge in [-0.3, -0.25) is 0 Å². The lowest BCUT2D eigenvalue weighted by molar-refractivity contribution is 0.866. The van der Waals surface area contributed by atoms with Crippen LogP contribution in [-0.4, -0.2) is 18.1 Å². The maximum absolute atomic E-state index is 5.77. The van der Waals surface area contributed by atoms with Crippen molar-refractivity contribution in [2.45, 2.75) is 20.8 Å². The zero-order chi connectivity index (χ0) is 14.5. The van der Waals surface area contributed by atoms with Gasteiger partial charge in [0.05, 0.1) is 11.4 Å². The smallest absolute Gasteiger partial charge is 0.130 e. The highest BCUT2D eigenvalue weighted by atomic mass is 15.1. The van der Waals surface area contributed by atoms with Crippen molar-refractivity contribution in [2.24, 2.45) is 0 Å². The lowest BCUT2D eigenvalue weighted by Crippen LogP contribution is -2.21. The molecule has 1 aromatic heterocycles. The van der Waals surface area contributed by atoms with Gasteiger partial charge in [0.25, 0.3) is 0 Å². The van der Waals surface area contributed by atoms with Crippen LogP contribution in [0.2, 0.25) is 0 Å². The number of nitrogens with one attached hydrogen (secondary N) is 1. The molecule has 0 saturated carbocycles. The molecule has 0 aliphatic rings. The van der Waals surface area contributed by atoms with Crippen molar-refractivity contribution in [1.29, 1.82) is 0 Å². The van der Waals surface area contributed by atoms with E-state index < -0.39 is 0 Å². The number of nitrogens with two attached hydrogens (primary N) is 1. The highest BCUT2D eigenvalue weighted by Crippen LogP contribution is 2.21. The summed E-state index contributed by atoms with van der Waals surface area (Å²) in [5, 5.41) is 3.29. The third-order valence-corrected chi connectivity index (χ3v) is 3.39. The first-order chi connectivity index (χ1) is 9.63. The van der Waals surface area contributed by atoms with E-state index in [9.17, 15) is 0 Å². The van der Waals surface area contributed by atoms with Gasteiger partial charge >= 0.3 is 0 Å². The van der Waals surface area contributed by atoms with Crippen molar-refractivity contribution in [1.82, 2.24) is 4.98 Å². The van der Waals surface area contributed by atoms with E-state index in [1.807, 2.05) is 19.1 Å². The van der Waals surface area contributed by atoms with Crippen molar-refractivity contribution in [3.05, 3.63) is 42.1 Å². The summed E-state index contributed by atoms with van der Waals surface area (Å²) in [6.07, 6.45) is 0. The summed E-state index contributed by atoms with van der Waals surface area (Å²) in [6.45, 7) is 8.27. The van der Waals surface area contributed by atoms with Crippen LogP contribution in [0, 0.1) is 6.92 Å². The van der Waals surface area contributed by atoms with Crippen molar-refractivity contribution in [3.63, 3.8) is 0 Å². The summed E-state index contributed by atoms with van der Waals surface area (Å²) in [7, 11) is 0. The zero-order valence-corrected chi connectivity index (χ0v) is 12.4. The molecule has 1 heterocycles. The minimum atomic E-state index is 0.715. The molecular weight excluding hydrogens is 248 g/mol. The van der Waals surface area contributed by atoms with Gasteiger partial charge in [-0.2, -0.15) is 0 Å². The number of hydrogen-bond donors (Lipinski definition) is 2. The van der Waals surface area contributed by atoms with Crippen LogP contribution in [0.3, 0.4) is 0 Å². The van der Waals surface area contributed by atoms with Crippen LogP contribution in [-0.2, 0) is 0 Å². The minimum absolute atomic E-state index is 0.715. The van der Waals surface area contributed by atoms with Crippen LogP contribution in [0.15, 0.2) is 36.4 Å². The molecule has 1 aromatic carbocycles. The average molecular weight is 270 g/mol. The summed E-state index contributed by atoms with van der Waals surface area (Å²) in [6, 6.07) is 12.1. The van der Waals surface area contributed by atoms with Gasteiger partial charge in [-0.1, -0.05) is 0 Å². The Bertz CT molecular complexity index is 559. The summed E-state index contributed by atoms with van der Waals surface area (Å²) in [5.74, 6) is 0.812. The largest absolute Gasteiger partial charge is 0.397 e. The standard InChI is InChI=1S/C16H22N4/c1-4-20(5-2)14-8-6-13(7-9-14)19-16-11-10-15(17)12(3)18-16/h6-11H,4-5,17H2,1-3H3,(H,18,19). The molecule has 0 radical (unpaired) electrons. The van der Waals surface area contributed by atoms with Gasteiger partial charge < -0.3 is 16.0 Å². The molecule has 0 amide bonds. The fraction of sp³-hybridized carbons (Fsp3) is 0.312. The van der Waals surface area contributed by atoms with Gasteiger partial charge in [0.1, 0.15) is 5.82 Å². The Morgan fingerprint density at radius 2 is 1.70 bits per heavy atom. The molecule has 2 aromatic rings. The maximum Gasteiger partial charge on any atom is 0.130 e. The summed E-state index contributed by atoms with van der Waals surface area (Å²) in [4.78, 5) is 6.73. The second kappa shape index (κ2) is 6.28. The van der Waals surface area contributed by atoms with E-state index >= 15 is 0 Å². The number of hydrogen-bond acceptors (Lipinski definition) is 4. The molecule has 0 bridgehead atoms. The molecule has 0 aliphatic heterocycles. The number of aryl methyl sites for hydroxylation is 1. The summed E-state index contributed by atoms with van der Waals surface area (Å²) >= 11 is 0. The number of rotatable bonds is 5. The van der Waals surface area contributed by atoms with Crippen molar-refractivity contribution >= 4 is 22.9 Å². The molecule has 3 N–H and O–H groups in total. The molecule has 0 saturated heterocycles. The SMILES string of the molecule is CCN(CC)c1ccc(Nc2ccc(N)c(C)n2)cc1. The maximum atomic E-state index is 5.77. The van der Waals surface area contributed by atoms with Gasteiger partial charge in [0.15, 0.2) is 0 Å². The Balaban J connectivity index is 2.12. The lowest BCUT2D eigenvalue weighted by atomic mass is 10.2. The van der Waals surface area contributed by atoms with Crippen LogP contribution >= 0.6 is 0 Å². The van der Waals surface area contributed by atoms with Gasteiger partial charge in [0.2, 0.25) is 0 Å². The number of aromatic nitrogens is 1. The normalized spacial score (nSPS) is 10.3. The Morgan fingerprint density at radius 1 is 1.05 bits per heavy atom. The first-order valence-electron chi connectivity index (χ1n) is 6.99. The monoisotopic (exact) mass is 270 g/mol. The number of benzene rings is 1. The van der Waals surface area contributed by atoms with E-state index in [0.717, 1.165) is 30.3 Å². The summed E-state index contributed by atoms with van der Waals surface area (Å²) in [5.41, 5.74) is 9.59. The zero-order valence-electron chi connectivity index (χ0n) is 12.4. The van der Waals surface area contributed by atoms with E-state index in [4.69, 9.17) is 5.73 Å². The molecule has 4 heteroatoms. The molecule has 0 spiro atoms. The van der Waals surface area contributed by atoms with Gasteiger partial charge in [-0.05, 0) is 57.2 Å². The van der Waals surface area contributed by atoms with Crippen molar-refractivity contribution in [2.75, 3.05) is 29.0 Å². The molecule has 0 unspecified atom stereocenters. The third-order valence-electron chi connectivity index (χ3n) is 3.39. The Morgan fingerprint density at radius 3 is 2.25 bits per heavy atom. The number of nitrogen functional groups attached to an aromatic ring is 1. The topological polar surface area (TPSA) is 54.2 Å². The van der Waals surface area contributed by atoms with Gasteiger partial charge in [-0.15, -0.1) is 0 Å². The quantitative estimate of drug-likeness (QED) is 0.872. The van der Waals surface area contributed by atoms with Crippen LogP contribution < -0.4 is 16.0 Å². The Hall–Kier alpha value is -2.23. The predicted octanol–water partition coefficient (Wildman–Crippen LogP) is 3.56. The van der Waals surface area contributed by atoms with Gasteiger partial charge in [0, 0.05) is 24.5 Å². The predicted molar refractivity (Wildman–Crippen MR) is 86.7 cm³/mol. The lowest BCUT2D eigenvalue weighted by Gasteiger charge is -2.21. The third kappa shape index (κ3) is 3.20. The molecule has 0 aliphatic carbocycles. The van der Waals surface area contributed by atoms with Crippen molar-refractivity contribution in [3.8, 4) is 0 Å². The van der Waals surface area contributed by atoms with Crippen LogP contribution in [0.4, 0.5) is 22.9 Å². The molecule has 20 heavy (non-hydrogen) atoms. The second-order valence-electron chi connectivity index (χ2n) is 4.72. The fourth-order valence-electron chi connectivity index (χ4n) is 2.13. The van der Waals surface area contributed by atoms with E-state index in [-0.39, 0.29) is 0 Å². The molecular formula is C16H22N4. The Labute approximate surface area is 120 Å². The molecule has 106 valence electrons. The highest BCUT2D eigenvalue weighted by Gasteiger charge is 2.02. The summed E-state index contributed by atoms with van der Waals surface area (Å²) < 4.78 is 0. The highest BCUT2D eigenvalue weighted by molar-refractivity contribution is 5.62. The molecule has 0 fully saturated rings. The van der Waals surface area contributed by atoms with Crippen LogP contribution in [0.25, 0.3) is 0 Å². The van der Waals surface area contributed by atoms with E-state index in [2.05, 4.69) is 53.3 Å². The minimum Gasteiger partial charge on any atom is -0.397 e. The number of nitrogens with zero attached hydrogens (tertiary/aromatic N) is 2. The molecule has 2 rings (SSSR count). The van der Waals surface area contributed by atoms with E-state index in [0.29, 0.717) is 5.69 Å².